The summed E-state index contributed by atoms with van der Waals surface area (Å²) in [6, 6.07) is 7.66. The molecule has 4 heterocycles. The van der Waals surface area contributed by atoms with Gasteiger partial charge in [-0.3, -0.25) is 4.90 Å². The van der Waals surface area contributed by atoms with E-state index < -0.39 is 0 Å². The van der Waals surface area contributed by atoms with Crippen molar-refractivity contribution in [3.8, 4) is 5.75 Å². The van der Waals surface area contributed by atoms with Crippen molar-refractivity contribution < 1.29 is 14.3 Å². The molecule has 0 spiro atoms. The molecule has 2 aliphatic heterocycles. The van der Waals surface area contributed by atoms with Crippen LogP contribution in [0.25, 0.3) is 11.2 Å². The van der Waals surface area contributed by atoms with Crippen molar-refractivity contribution in [1.82, 2.24) is 24.8 Å². The summed E-state index contributed by atoms with van der Waals surface area (Å²) >= 11 is 0. The highest BCUT2D eigenvalue weighted by atomic mass is 16.6. The predicted octanol–water partition coefficient (Wildman–Crippen LogP) is 1.57. The Kier molecular flexibility index (Phi) is 3.59. The number of ether oxygens (including phenoxy) is 2. The standard InChI is InChI=1S/C18H18N6O3/c1-26-13-5-3-2-4-11(13)6-24-12-7-23(8-14(12)27-18(24)25)17-15-16(20-9-19-15)21-10-22-17/h2-5,9-10,12,14H,6-8H2,1H3,(H,19,20,21,22)/t12-,14+/m1/s1. The zero-order chi connectivity index (χ0) is 18.4. The van der Waals surface area contributed by atoms with Crippen LogP contribution < -0.4 is 9.64 Å². The van der Waals surface area contributed by atoms with Crippen molar-refractivity contribution in [2.24, 2.45) is 0 Å². The minimum Gasteiger partial charge on any atom is -0.496 e. The number of anilines is 1. The molecule has 0 radical (unpaired) electrons. The number of rotatable bonds is 4. The topological polar surface area (TPSA) is 96.5 Å². The number of hydrogen-bond donors (Lipinski definition) is 1. The number of aromatic amines is 1. The Hall–Kier alpha value is -3.36. The number of imidazole rings is 1. The van der Waals surface area contributed by atoms with E-state index >= 15 is 0 Å². The van der Waals surface area contributed by atoms with Gasteiger partial charge in [-0.1, -0.05) is 18.2 Å². The highest BCUT2D eigenvalue weighted by Crippen LogP contribution is 2.33. The SMILES string of the molecule is COc1ccccc1CN1C(=O)O[C@H]2CN(c3ncnc4nc[nH]c34)C[C@H]21. The van der Waals surface area contributed by atoms with Gasteiger partial charge >= 0.3 is 6.09 Å². The van der Waals surface area contributed by atoms with Crippen molar-refractivity contribution in [3.05, 3.63) is 42.5 Å². The number of nitrogens with zero attached hydrogens (tertiary/aromatic N) is 5. The van der Waals surface area contributed by atoms with E-state index in [1.54, 1.807) is 18.3 Å². The third-order valence-corrected chi connectivity index (χ3v) is 5.16. The molecule has 9 nitrogen and oxygen atoms in total. The smallest absolute Gasteiger partial charge is 0.410 e. The van der Waals surface area contributed by atoms with Crippen LogP contribution >= 0.6 is 0 Å². The van der Waals surface area contributed by atoms with Crippen LogP contribution in [0.2, 0.25) is 0 Å². The summed E-state index contributed by atoms with van der Waals surface area (Å²) < 4.78 is 11.0. The predicted molar refractivity (Wildman–Crippen MR) is 96.5 cm³/mol. The van der Waals surface area contributed by atoms with Crippen LogP contribution in [0.5, 0.6) is 5.75 Å². The molecule has 0 bridgehead atoms. The number of nitrogens with one attached hydrogen (secondary N) is 1. The molecule has 9 heteroatoms. The van der Waals surface area contributed by atoms with E-state index in [1.807, 2.05) is 24.3 Å². The molecule has 0 saturated carbocycles. The molecule has 0 aliphatic carbocycles. The normalized spacial score (nSPS) is 21.6. The molecular weight excluding hydrogens is 348 g/mol. The molecular formula is C18H18N6O3. The Morgan fingerprint density at radius 3 is 3.04 bits per heavy atom. The van der Waals surface area contributed by atoms with Gasteiger partial charge < -0.3 is 19.4 Å². The van der Waals surface area contributed by atoms with Gasteiger partial charge in [0, 0.05) is 12.1 Å². The number of aromatic nitrogens is 4. The third kappa shape index (κ3) is 2.54. The molecule has 2 saturated heterocycles. The molecule has 2 atom stereocenters. The molecule has 138 valence electrons. The second kappa shape index (κ2) is 6.11. The lowest BCUT2D eigenvalue weighted by atomic mass is 10.1. The number of benzene rings is 1. The summed E-state index contributed by atoms with van der Waals surface area (Å²) in [5, 5.41) is 0. The zero-order valence-corrected chi connectivity index (χ0v) is 14.7. The number of hydrogen-bond acceptors (Lipinski definition) is 7. The Morgan fingerprint density at radius 2 is 2.15 bits per heavy atom. The van der Waals surface area contributed by atoms with Gasteiger partial charge in [0.05, 0.1) is 32.6 Å². The minimum atomic E-state index is -0.287. The van der Waals surface area contributed by atoms with E-state index in [0.29, 0.717) is 25.3 Å². The van der Waals surface area contributed by atoms with Crippen molar-refractivity contribution in [3.63, 3.8) is 0 Å². The summed E-state index contributed by atoms with van der Waals surface area (Å²) in [5.41, 5.74) is 2.37. The molecule has 2 aliphatic rings. The number of H-pyrrole nitrogens is 1. The maximum absolute atomic E-state index is 12.4. The number of methoxy groups -OCH3 is 1. The first-order chi connectivity index (χ1) is 13.2. The lowest BCUT2D eigenvalue weighted by molar-refractivity contribution is 0.135. The first-order valence-electron chi connectivity index (χ1n) is 8.73. The minimum absolute atomic E-state index is 0.0460. The molecule has 1 N–H and O–H groups in total. The quantitative estimate of drug-likeness (QED) is 0.749. The maximum Gasteiger partial charge on any atom is 0.410 e. The summed E-state index contributed by atoms with van der Waals surface area (Å²) in [5.74, 6) is 1.54. The highest BCUT2D eigenvalue weighted by Gasteiger charge is 2.48. The van der Waals surface area contributed by atoms with Crippen molar-refractivity contribution in [1.29, 1.82) is 0 Å². The van der Waals surface area contributed by atoms with E-state index in [2.05, 4.69) is 24.8 Å². The van der Waals surface area contributed by atoms with Crippen molar-refractivity contribution in [2.45, 2.75) is 18.7 Å². The van der Waals surface area contributed by atoms with Crippen LogP contribution in [-0.4, -0.2) is 63.3 Å². The lowest BCUT2D eigenvalue weighted by Crippen LogP contribution is -2.37. The highest BCUT2D eigenvalue weighted by molar-refractivity contribution is 5.83. The van der Waals surface area contributed by atoms with Crippen LogP contribution in [0.3, 0.4) is 0 Å². The average molecular weight is 366 g/mol. The summed E-state index contributed by atoms with van der Waals surface area (Å²) in [6.45, 7) is 1.67. The lowest BCUT2D eigenvalue weighted by Gasteiger charge is -2.23. The number of fused-ring (bicyclic) bond motifs is 2. The summed E-state index contributed by atoms with van der Waals surface area (Å²) in [7, 11) is 1.63. The monoisotopic (exact) mass is 366 g/mol. The molecule has 1 aromatic carbocycles. The number of para-hydroxylation sites is 1. The van der Waals surface area contributed by atoms with Crippen LogP contribution in [0.15, 0.2) is 36.9 Å². The van der Waals surface area contributed by atoms with Gasteiger partial charge in [0.2, 0.25) is 0 Å². The Balaban J connectivity index is 1.41. The fourth-order valence-electron chi connectivity index (χ4n) is 3.87. The van der Waals surface area contributed by atoms with Crippen LogP contribution in [0.4, 0.5) is 10.6 Å². The molecule has 27 heavy (non-hydrogen) atoms. The Morgan fingerprint density at radius 1 is 1.26 bits per heavy atom. The van der Waals surface area contributed by atoms with Gasteiger partial charge in [-0.2, -0.15) is 0 Å². The van der Waals surface area contributed by atoms with Gasteiger partial charge in [-0.15, -0.1) is 0 Å². The van der Waals surface area contributed by atoms with Crippen LogP contribution in [0.1, 0.15) is 5.56 Å². The number of carbonyl (C=O) groups excluding carboxylic acids is 1. The molecule has 2 fully saturated rings. The van der Waals surface area contributed by atoms with Crippen molar-refractivity contribution in [2.75, 3.05) is 25.1 Å². The molecule has 0 unspecified atom stereocenters. The summed E-state index contributed by atoms with van der Waals surface area (Å²) in [4.78, 5) is 32.1. The first kappa shape index (κ1) is 15.9. The molecule has 1 amide bonds. The second-order valence-corrected chi connectivity index (χ2v) is 6.63. The van der Waals surface area contributed by atoms with E-state index in [1.165, 1.54) is 6.33 Å². The van der Waals surface area contributed by atoms with Gasteiger partial charge in [0.15, 0.2) is 11.5 Å². The molecule has 2 aromatic heterocycles. The zero-order valence-electron chi connectivity index (χ0n) is 14.7. The van der Waals surface area contributed by atoms with Gasteiger partial charge in [-0.25, -0.2) is 19.7 Å². The Labute approximate surface area is 154 Å². The molecule has 3 aromatic rings. The van der Waals surface area contributed by atoms with Gasteiger partial charge in [0.25, 0.3) is 0 Å². The van der Waals surface area contributed by atoms with Crippen LogP contribution in [-0.2, 0) is 11.3 Å². The second-order valence-electron chi connectivity index (χ2n) is 6.63. The molecule has 5 rings (SSSR count). The van der Waals surface area contributed by atoms with Gasteiger partial charge in [0.1, 0.15) is 23.7 Å². The first-order valence-corrected chi connectivity index (χ1v) is 8.73. The van der Waals surface area contributed by atoms with Crippen molar-refractivity contribution >= 4 is 23.1 Å². The summed E-state index contributed by atoms with van der Waals surface area (Å²) in [6.07, 6.45) is 2.63. The van der Waals surface area contributed by atoms with Gasteiger partial charge in [-0.05, 0) is 6.07 Å². The maximum atomic E-state index is 12.4. The number of carbonyl (C=O) groups is 1. The largest absolute Gasteiger partial charge is 0.496 e. The van der Waals surface area contributed by atoms with E-state index in [4.69, 9.17) is 9.47 Å². The van der Waals surface area contributed by atoms with E-state index in [0.717, 1.165) is 22.6 Å². The third-order valence-electron chi connectivity index (χ3n) is 5.16. The Bertz CT molecular complexity index is 1010. The number of amides is 1. The van der Waals surface area contributed by atoms with E-state index in [9.17, 15) is 4.79 Å². The average Bonchev–Trinajstić information content (AvgIpc) is 3.38. The van der Waals surface area contributed by atoms with E-state index in [-0.39, 0.29) is 18.2 Å². The van der Waals surface area contributed by atoms with Crippen LogP contribution in [0, 0.1) is 0 Å². The fourth-order valence-corrected chi connectivity index (χ4v) is 3.87. The fraction of sp³-hybridized carbons (Fsp3) is 0.333.